The van der Waals surface area contributed by atoms with Crippen LogP contribution in [0.15, 0.2) is 30.3 Å². The summed E-state index contributed by atoms with van der Waals surface area (Å²) in [5.74, 6) is 0. The van der Waals surface area contributed by atoms with Crippen LogP contribution in [0.4, 0.5) is 0 Å². The third-order valence-electron chi connectivity index (χ3n) is 4.19. The molecule has 1 aromatic rings. The SMILES string of the molecule is CC(CO)(CN1CCN(S(C)(=O)=O)CC1)c1ccccc1. The van der Waals surface area contributed by atoms with Crippen molar-refractivity contribution in [3.05, 3.63) is 35.9 Å². The van der Waals surface area contributed by atoms with Crippen LogP contribution in [0.1, 0.15) is 12.5 Å². The van der Waals surface area contributed by atoms with Crippen LogP contribution in [-0.2, 0) is 15.4 Å². The maximum Gasteiger partial charge on any atom is 0.211 e. The van der Waals surface area contributed by atoms with Crippen LogP contribution >= 0.6 is 0 Å². The molecule has 1 unspecified atom stereocenters. The van der Waals surface area contributed by atoms with E-state index in [0.29, 0.717) is 26.2 Å². The van der Waals surface area contributed by atoms with Crippen LogP contribution in [-0.4, -0.2) is 68.3 Å². The number of benzene rings is 1. The summed E-state index contributed by atoms with van der Waals surface area (Å²) in [6, 6.07) is 9.98. The molecule has 0 aliphatic carbocycles. The molecule has 5 nitrogen and oxygen atoms in total. The minimum absolute atomic E-state index is 0.0727. The molecule has 1 aromatic carbocycles. The highest BCUT2D eigenvalue weighted by molar-refractivity contribution is 7.88. The van der Waals surface area contributed by atoms with Gasteiger partial charge in [0, 0.05) is 38.1 Å². The zero-order valence-electron chi connectivity index (χ0n) is 12.7. The lowest BCUT2D eigenvalue weighted by atomic mass is 9.82. The van der Waals surface area contributed by atoms with E-state index in [2.05, 4.69) is 4.90 Å². The number of aliphatic hydroxyl groups is 1. The van der Waals surface area contributed by atoms with Gasteiger partial charge in [0.25, 0.3) is 0 Å². The van der Waals surface area contributed by atoms with Crippen LogP contribution in [0.5, 0.6) is 0 Å². The van der Waals surface area contributed by atoms with Crippen molar-refractivity contribution in [2.24, 2.45) is 0 Å². The summed E-state index contributed by atoms with van der Waals surface area (Å²) in [6.07, 6.45) is 1.25. The van der Waals surface area contributed by atoms with Gasteiger partial charge in [0.1, 0.15) is 0 Å². The van der Waals surface area contributed by atoms with Gasteiger partial charge in [-0.25, -0.2) is 8.42 Å². The number of piperazine rings is 1. The molecule has 1 heterocycles. The predicted molar refractivity (Wildman–Crippen MR) is 83.7 cm³/mol. The second-order valence-corrected chi connectivity index (χ2v) is 8.01. The summed E-state index contributed by atoms with van der Waals surface area (Å²) in [5.41, 5.74) is 0.784. The second kappa shape index (κ2) is 6.44. The Kier molecular flexibility index (Phi) is 5.03. The van der Waals surface area contributed by atoms with Gasteiger partial charge in [-0.1, -0.05) is 37.3 Å². The smallest absolute Gasteiger partial charge is 0.211 e. The van der Waals surface area contributed by atoms with Gasteiger partial charge in [-0.3, -0.25) is 4.90 Å². The van der Waals surface area contributed by atoms with Crippen molar-refractivity contribution in [2.75, 3.05) is 45.6 Å². The van der Waals surface area contributed by atoms with Crippen molar-refractivity contribution in [3.8, 4) is 0 Å². The van der Waals surface area contributed by atoms with Crippen LogP contribution in [0.25, 0.3) is 0 Å². The summed E-state index contributed by atoms with van der Waals surface area (Å²) < 4.78 is 24.6. The van der Waals surface area contributed by atoms with Crippen LogP contribution in [0.3, 0.4) is 0 Å². The summed E-state index contributed by atoms with van der Waals surface area (Å²) in [6.45, 7) is 5.30. The average Bonchev–Trinajstić information content (AvgIpc) is 2.47. The molecule has 0 bridgehead atoms. The first-order valence-electron chi connectivity index (χ1n) is 7.19. The standard InChI is InChI=1S/C15H24N2O3S/c1-15(13-18,14-6-4-3-5-7-14)12-16-8-10-17(11-9-16)21(2,19)20/h3-7,18H,8-13H2,1-2H3. The van der Waals surface area contributed by atoms with Crippen molar-refractivity contribution in [1.29, 1.82) is 0 Å². The molecular weight excluding hydrogens is 288 g/mol. The number of hydrogen-bond donors (Lipinski definition) is 1. The molecule has 1 aliphatic heterocycles. The van der Waals surface area contributed by atoms with Gasteiger partial charge in [0.2, 0.25) is 10.0 Å². The molecule has 1 atom stereocenters. The molecule has 118 valence electrons. The van der Waals surface area contributed by atoms with E-state index in [1.54, 1.807) is 0 Å². The van der Waals surface area contributed by atoms with E-state index in [-0.39, 0.29) is 12.0 Å². The van der Waals surface area contributed by atoms with E-state index >= 15 is 0 Å². The first-order valence-corrected chi connectivity index (χ1v) is 9.04. The Morgan fingerprint density at radius 2 is 1.71 bits per heavy atom. The Labute approximate surface area is 127 Å². The van der Waals surface area contributed by atoms with E-state index < -0.39 is 10.0 Å². The quantitative estimate of drug-likeness (QED) is 0.861. The molecule has 0 radical (unpaired) electrons. The van der Waals surface area contributed by atoms with Gasteiger partial charge in [0.15, 0.2) is 0 Å². The van der Waals surface area contributed by atoms with E-state index in [4.69, 9.17) is 0 Å². The number of aliphatic hydroxyl groups excluding tert-OH is 1. The first kappa shape index (κ1) is 16.4. The topological polar surface area (TPSA) is 60.9 Å². The molecule has 1 N–H and O–H groups in total. The number of hydrogen-bond acceptors (Lipinski definition) is 4. The number of nitrogens with zero attached hydrogens (tertiary/aromatic N) is 2. The molecule has 1 fully saturated rings. The molecule has 0 aromatic heterocycles. The fourth-order valence-corrected chi connectivity index (χ4v) is 3.61. The Morgan fingerprint density at radius 3 is 2.19 bits per heavy atom. The molecule has 0 spiro atoms. The largest absolute Gasteiger partial charge is 0.395 e. The molecular formula is C15H24N2O3S. The molecule has 0 amide bonds. The van der Waals surface area contributed by atoms with E-state index in [1.807, 2.05) is 37.3 Å². The summed E-state index contributed by atoms with van der Waals surface area (Å²) in [7, 11) is -3.09. The van der Waals surface area contributed by atoms with Gasteiger partial charge in [-0.15, -0.1) is 0 Å². The monoisotopic (exact) mass is 312 g/mol. The molecule has 1 aliphatic rings. The zero-order chi connectivity index (χ0) is 15.5. The third kappa shape index (κ3) is 4.03. The second-order valence-electron chi connectivity index (χ2n) is 6.02. The van der Waals surface area contributed by atoms with Crippen LogP contribution in [0, 0.1) is 0 Å². The van der Waals surface area contributed by atoms with Crippen molar-refractivity contribution in [2.45, 2.75) is 12.3 Å². The Bertz CT molecular complexity index is 554. The molecule has 0 saturated carbocycles. The van der Waals surface area contributed by atoms with Crippen molar-refractivity contribution in [3.63, 3.8) is 0 Å². The predicted octanol–water partition coefficient (Wildman–Crippen LogP) is 0.514. The number of sulfonamides is 1. The van der Waals surface area contributed by atoms with Gasteiger partial charge in [0.05, 0.1) is 12.9 Å². The van der Waals surface area contributed by atoms with Crippen molar-refractivity contribution in [1.82, 2.24) is 9.21 Å². The van der Waals surface area contributed by atoms with Crippen LogP contribution < -0.4 is 0 Å². The highest BCUT2D eigenvalue weighted by Crippen LogP contribution is 2.25. The normalized spacial score (nSPS) is 21.1. The summed E-state index contributed by atoms with van der Waals surface area (Å²) in [4.78, 5) is 2.23. The number of rotatable bonds is 5. The lowest BCUT2D eigenvalue weighted by Gasteiger charge is -2.39. The fourth-order valence-electron chi connectivity index (χ4n) is 2.79. The minimum atomic E-state index is -3.09. The Morgan fingerprint density at radius 1 is 1.14 bits per heavy atom. The van der Waals surface area contributed by atoms with Crippen LogP contribution in [0.2, 0.25) is 0 Å². The summed E-state index contributed by atoms with van der Waals surface area (Å²) >= 11 is 0. The maximum absolute atomic E-state index is 11.5. The molecule has 21 heavy (non-hydrogen) atoms. The third-order valence-corrected chi connectivity index (χ3v) is 5.50. The molecule has 2 rings (SSSR count). The summed E-state index contributed by atoms with van der Waals surface area (Å²) in [5, 5.41) is 9.82. The Hall–Kier alpha value is -0.950. The Balaban J connectivity index is 2.01. The van der Waals surface area contributed by atoms with Gasteiger partial charge in [-0.05, 0) is 5.56 Å². The van der Waals surface area contributed by atoms with E-state index in [1.165, 1.54) is 10.6 Å². The van der Waals surface area contributed by atoms with Gasteiger partial charge >= 0.3 is 0 Å². The molecule has 1 saturated heterocycles. The fraction of sp³-hybridized carbons (Fsp3) is 0.600. The maximum atomic E-state index is 11.5. The van der Waals surface area contributed by atoms with Gasteiger partial charge < -0.3 is 5.11 Å². The highest BCUT2D eigenvalue weighted by atomic mass is 32.2. The first-order chi connectivity index (χ1) is 9.85. The van der Waals surface area contributed by atoms with E-state index in [0.717, 1.165) is 12.1 Å². The lowest BCUT2D eigenvalue weighted by Crippen LogP contribution is -2.52. The average molecular weight is 312 g/mol. The highest BCUT2D eigenvalue weighted by Gasteiger charge is 2.31. The van der Waals surface area contributed by atoms with Gasteiger partial charge in [-0.2, -0.15) is 4.31 Å². The van der Waals surface area contributed by atoms with Crippen molar-refractivity contribution >= 4 is 10.0 Å². The molecule has 6 heteroatoms. The zero-order valence-corrected chi connectivity index (χ0v) is 13.5. The van der Waals surface area contributed by atoms with E-state index in [9.17, 15) is 13.5 Å². The lowest BCUT2D eigenvalue weighted by molar-refractivity contribution is 0.117. The minimum Gasteiger partial charge on any atom is -0.395 e. The van der Waals surface area contributed by atoms with Crippen molar-refractivity contribution < 1.29 is 13.5 Å².